The van der Waals surface area contributed by atoms with E-state index in [1.54, 1.807) is 13.0 Å². The van der Waals surface area contributed by atoms with Gasteiger partial charge >= 0.3 is 24.2 Å². The second-order valence-corrected chi connectivity index (χ2v) is 17.6. The lowest BCUT2D eigenvalue weighted by atomic mass is 9.71. The highest BCUT2D eigenvalue weighted by molar-refractivity contribution is 7.99. The van der Waals surface area contributed by atoms with E-state index in [4.69, 9.17) is 42.6 Å². The molecule has 0 radical (unpaired) electrons. The topological polar surface area (TPSA) is 205 Å². The number of nitriles is 1. The van der Waals surface area contributed by atoms with E-state index in [0.29, 0.717) is 57.1 Å². The molecule has 7 heterocycles. The van der Waals surface area contributed by atoms with Gasteiger partial charge < -0.3 is 47.7 Å². The highest BCUT2D eigenvalue weighted by Gasteiger charge is 2.63. The summed E-state index contributed by atoms with van der Waals surface area (Å²) < 4.78 is 52.1. The molecule has 1 spiro atoms. The number of rotatable bonds is 6. The summed E-state index contributed by atoms with van der Waals surface area (Å²) in [5.74, 6) is -0.446. The number of benzene rings is 3. The largest absolute Gasteiger partial charge is 0.518 e. The van der Waals surface area contributed by atoms with E-state index < -0.39 is 65.2 Å². The fourth-order valence-electron chi connectivity index (χ4n) is 10.9. The lowest BCUT2D eigenvalue weighted by molar-refractivity contribution is -0.162. The zero-order valence-electron chi connectivity index (χ0n) is 36.5. The monoisotopic (exact) mass is 910 g/mol. The van der Waals surface area contributed by atoms with Crippen molar-refractivity contribution in [3.63, 3.8) is 0 Å². The average molecular weight is 911 g/mol. The predicted molar refractivity (Wildman–Crippen MR) is 229 cm³/mol. The zero-order chi connectivity index (χ0) is 46.2. The Kier molecular flexibility index (Phi) is 11.0. The highest BCUT2D eigenvalue weighted by Crippen LogP contribution is 2.65. The SMILES string of the molecule is C=COC(=O)Oc1cc2c(cc1OC)[C@@]1(CS[C@@H]3c4c(OC(C)=O)c(C)c5c(c4[C@H](COC1=O)N1C3[C@H]3c4c(cc(C)c(OC)c4O)C[C@@H]([C@@H]1C#N)N3C)OCO5)N(C(=O)OC=C)CC2. The molecule has 2 fully saturated rings. The smallest absolute Gasteiger partial charge is 0.504 e. The van der Waals surface area contributed by atoms with Crippen LogP contribution in [0.15, 0.2) is 43.9 Å². The Hall–Kier alpha value is -6.62. The molecule has 19 heteroatoms. The molecular formula is C46H46N4O14S. The van der Waals surface area contributed by atoms with Crippen LogP contribution in [-0.4, -0.2) is 109 Å². The van der Waals surface area contributed by atoms with Crippen LogP contribution in [0.25, 0.3) is 0 Å². The molecule has 1 N–H and O–H groups in total. The number of aryl methyl sites for hydroxylation is 1. The van der Waals surface area contributed by atoms with Gasteiger partial charge in [-0.3, -0.25) is 19.5 Å². The number of carbonyl (C=O) groups is 4. The minimum Gasteiger partial charge on any atom is -0.504 e. The maximum atomic E-state index is 15.5. The lowest BCUT2D eigenvalue weighted by Crippen LogP contribution is -2.69. The van der Waals surface area contributed by atoms with Crippen LogP contribution in [0.5, 0.6) is 40.2 Å². The molecule has 1 unspecified atom stereocenters. The van der Waals surface area contributed by atoms with Gasteiger partial charge in [-0.05, 0) is 68.1 Å². The van der Waals surface area contributed by atoms with Crippen LogP contribution in [0.3, 0.4) is 0 Å². The van der Waals surface area contributed by atoms with Gasteiger partial charge in [0.05, 0.1) is 50.1 Å². The van der Waals surface area contributed by atoms with Gasteiger partial charge in [-0.25, -0.2) is 14.4 Å². The van der Waals surface area contributed by atoms with Gasteiger partial charge in [0.15, 0.2) is 40.0 Å². The third kappa shape index (κ3) is 6.43. The second-order valence-electron chi connectivity index (χ2n) is 16.4. The molecule has 65 heavy (non-hydrogen) atoms. The standard InChI is InChI=1S/C46H46N4O14S/c1-9-58-44(54)49-12-11-24-15-31(64-45(55)59-10-2)30(56-7)16-26(24)46(49)19-65-42-34-33(41-40(61-20-62-41)22(4)39(34)63-23(5)51)29(18-60-43(46)53)50-28(17-47)27-14-25-13-21(3)38(57-8)37(52)32(25)35(36(42)50)48(27)6/h9-10,13,15-16,27-29,35-36,42,52H,1-2,11-12,14,18-20H2,3-8H3/t27-,28-,29-,35+,36?,42+,46+/m0/s1. The van der Waals surface area contributed by atoms with E-state index in [9.17, 15) is 24.8 Å². The summed E-state index contributed by atoms with van der Waals surface area (Å²) in [6.07, 6.45) is 0.506. The van der Waals surface area contributed by atoms with Gasteiger partial charge in [0, 0.05) is 53.6 Å². The number of hydrogen-bond acceptors (Lipinski definition) is 18. The number of phenols is 1. The highest BCUT2D eigenvalue weighted by atomic mass is 32.2. The first-order chi connectivity index (χ1) is 31.2. The molecule has 2 saturated heterocycles. The van der Waals surface area contributed by atoms with Crippen molar-refractivity contribution < 1.29 is 66.9 Å². The quantitative estimate of drug-likeness (QED) is 0.1000. The minimum atomic E-state index is -1.95. The van der Waals surface area contributed by atoms with Crippen LogP contribution >= 0.6 is 11.8 Å². The molecule has 7 aliphatic rings. The van der Waals surface area contributed by atoms with Crippen molar-refractivity contribution in [2.24, 2.45) is 0 Å². The fourth-order valence-corrected chi connectivity index (χ4v) is 12.7. The average Bonchev–Trinajstić information content (AvgIpc) is 3.76. The Morgan fingerprint density at radius 2 is 1.72 bits per heavy atom. The van der Waals surface area contributed by atoms with Crippen LogP contribution in [-0.2, 0) is 42.2 Å². The number of esters is 2. The molecule has 18 nitrogen and oxygen atoms in total. The number of amides is 1. The maximum absolute atomic E-state index is 15.5. The molecule has 10 rings (SSSR count). The van der Waals surface area contributed by atoms with Crippen molar-refractivity contribution in [3.8, 4) is 46.3 Å². The van der Waals surface area contributed by atoms with Gasteiger partial charge in [0.25, 0.3) is 0 Å². The Labute approximate surface area is 378 Å². The van der Waals surface area contributed by atoms with E-state index in [1.165, 1.54) is 43.9 Å². The van der Waals surface area contributed by atoms with Crippen molar-refractivity contribution in [1.29, 1.82) is 5.26 Å². The van der Waals surface area contributed by atoms with Crippen molar-refractivity contribution in [2.45, 2.75) is 74.6 Å². The van der Waals surface area contributed by atoms with E-state index in [2.05, 4.69) is 29.0 Å². The van der Waals surface area contributed by atoms with Gasteiger partial charge in [0.2, 0.25) is 6.79 Å². The van der Waals surface area contributed by atoms with Crippen LogP contribution in [0.1, 0.15) is 68.8 Å². The Bertz CT molecular complexity index is 2630. The van der Waals surface area contributed by atoms with E-state index >= 15 is 4.79 Å². The normalized spacial score (nSPS) is 25.9. The number of carbonyl (C=O) groups excluding carboxylic acids is 4. The number of aromatic hydroxyl groups is 1. The number of phenolic OH excluding ortho intramolecular Hbond substituents is 1. The first-order valence-electron chi connectivity index (χ1n) is 20.8. The lowest BCUT2D eigenvalue weighted by Gasteiger charge is -2.62. The summed E-state index contributed by atoms with van der Waals surface area (Å²) in [5, 5.41) is 22.7. The second kappa shape index (κ2) is 16.4. The number of thioether (sulfide) groups is 1. The molecule has 340 valence electrons. The molecule has 1 amide bonds. The van der Waals surface area contributed by atoms with Gasteiger partial charge in [-0.2, -0.15) is 5.26 Å². The summed E-state index contributed by atoms with van der Waals surface area (Å²) >= 11 is 1.27. The third-order valence-electron chi connectivity index (χ3n) is 13.4. The Morgan fingerprint density at radius 3 is 2.42 bits per heavy atom. The molecule has 0 aliphatic carbocycles. The molecule has 3 aromatic carbocycles. The first-order valence-corrected chi connectivity index (χ1v) is 21.8. The number of fused-ring (bicyclic) bond motifs is 9. The van der Waals surface area contributed by atoms with E-state index in [1.807, 2.05) is 20.0 Å². The molecular weight excluding hydrogens is 865 g/mol. The van der Waals surface area contributed by atoms with Gasteiger partial charge in [-0.1, -0.05) is 19.2 Å². The van der Waals surface area contributed by atoms with Gasteiger partial charge in [0.1, 0.15) is 18.4 Å². The molecule has 4 bridgehead atoms. The number of likely N-dealkylation sites (N-methyl/N-ethyl adjacent to an activating group) is 1. The zero-order valence-corrected chi connectivity index (χ0v) is 37.3. The van der Waals surface area contributed by atoms with Crippen molar-refractivity contribution >= 4 is 35.9 Å². The fraction of sp³-hybridized carbons (Fsp3) is 0.413. The van der Waals surface area contributed by atoms with Crippen LogP contribution in [0.4, 0.5) is 9.59 Å². The Morgan fingerprint density at radius 1 is 0.969 bits per heavy atom. The molecule has 0 aromatic heterocycles. The summed E-state index contributed by atoms with van der Waals surface area (Å²) in [5.41, 5.74) is 2.60. The van der Waals surface area contributed by atoms with Gasteiger partial charge in [-0.15, -0.1) is 11.8 Å². The summed E-state index contributed by atoms with van der Waals surface area (Å²) in [6.45, 7) is 11.3. The summed E-state index contributed by atoms with van der Waals surface area (Å²) in [4.78, 5) is 60.8. The third-order valence-corrected chi connectivity index (χ3v) is 14.9. The number of ether oxygens (including phenoxy) is 9. The van der Waals surface area contributed by atoms with Crippen LogP contribution < -0.4 is 28.4 Å². The number of methoxy groups -OCH3 is 2. The molecule has 0 saturated carbocycles. The molecule has 3 aromatic rings. The number of hydrogen-bond donors (Lipinski definition) is 1. The maximum Gasteiger partial charge on any atom is 0.518 e. The van der Waals surface area contributed by atoms with Crippen LogP contribution in [0, 0.1) is 25.2 Å². The Balaban J connectivity index is 1.33. The number of nitrogens with zero attached hydrogens (tertiary/aromatic N) is 4. The van der Waals surface area contributed by atoms with E-state index in [0.717, 1.165) is 23.7 Å². The minimum absolute atomic E-state index is 0.0127. The summed E-state index contributed by atoms with van der Waals surface area (Å²) in [6, 6.07) is 4.15. The molecule has 7 atom stereocenters. The van der Waals surface area contributed by atoms with Crippen LogP contribution in [0.2, 0.25) is 0 Å². The van der Waals surface area contributed by atoms with Crippen molar-refractivity contribution in [3.05, 3.63) is 88.4 Å². The first kappa shape index (κ1) is 43.6. The molecule has 7 aliphatic heterocycles. The van der Waals surface area contributed by atoms with E-state index in [-0.39, 0.29) is 55.1 Å². The summed E-state index contributed by atoms with van der Waals surface area (Å²) in [7, 11) is 4.77. The van der Waals surface area contributed by atoms with Crippen molar-refractivity contribution in [1.82, 2.24) is 14.7 Å². The number of piperazine rings is 1. The predicted octanol–water partition coefficient (Wildman–Crippen LogP) is 5.93. The van der Waals surface area contributed by atoms with Crippen molar-refractivity contribution in [2.75, 3.05) is 47.0 Å².